The van der Waals surface area contributed by atoms with Crippen LogP contribution in [0.5, 0.6) is 0 Å². The fourth-order valence-electron chi connectivity index (χ4n) is 10.5. The number of hydrogen-bond acceptors (Lipinski definition) is 3. The molecule has 3 heterocycles. The molecule has 3 aromatic heterocycles. The van der Waals surface area contributed by atoms with E-state index in [1.807, 2.05) is 44.3 Å². The number of hydrogen-bond donors (Lipinski definition) is 0. The van der Waals surface area contributed by atoms with Gasteiger partial charge in [-0.2, -0.15) is 0 Å². The molecule has 72 heavy (non-hydrogen) atoms. The Bertz CT molecular complexity index is 3990. The molecule has 0 fully saturated rings. The van der Waals surface area contributed by atoms with Crippen molar-refractivity contribution in [3.8, 4) is 39.5 Å². The Balaban J connectivity index is 0.000000246. The first-order valence-corrected chi connectivity index (χ1v) is 28.5. The number of fused-ring (bicyclic) bond motifs is 9. The van der Waals surface area contributed by atoms with E-state index >= 15 is 0 Å². The van der Waals surface area contributed by atoms with Crippen molar-refractivity contribution in [2.45, 2.75) is 78.9 Å². The van der Waals surface area contributed by atoms with Crippen LogP contribution >= 0.6 is 0 Å². The largest absolute Gasteiger partial charge is 0.500 e. The van der Waals surface area contributed by atoms with Crippen molar-refractivity contribution in [2.75, 3.05) is 0 Å². The van der Waals surface area contributed by atoms with Gasteiger partial charge < -0.3 is 14.0 Å². The topological polar surface area (TPSA) is 43.9 Å². The molecule has 1 radical (unpaired) electrons. The number of pyridine rings is 1. The Morgan fingerprint density at radius 2 is 1.26 bits per heavy atom. The van der Waals surface area contributed by atoms with Crippen LogP contribution in [-0.4, -0.2) is 22.6 Å². The van der Waals surface area contributed by atoms with E-state index in [0.717, 1.165) is 72.3 Å². The van der Waals surface area contributed by atoms with Crippen LogP contribution in [0.3, 0.4) is 0 Å². The van der Waals surface area contributed by atoms with E-state index in [1.165, 1.54) is 54.3 Å². The van der Waals surface area contributed by atoms with E-state index in [1.54, 1.807) is 0 Å². The minimum absolute atomic E-state index is 0. The number of furan rings is 1. The number of imidazole rings is 1. The third-order valence-electron chi connectivity index (χ3n) is 14.1. The molecule has 6 heteroatoms. The van der Waals surface area contributed by atoms with E-state index in [4.69, 9.17) is 10.8 Å². The average Bonchev–Trinajstić information content (AvgIpc) is 3.96. The maximum Gasteiger partial charge on any atom is 0.121 e. The predicted octanol–water partition coefficient (Wildman–Crippen LogP) is 18.0. The van der Waals surface area contributed by atoms with Crippen molar-refractivity contribution in [3.63, 3.8) is 0 Å². The van der Waals surface area contributed by atoms with Gasteiger partial charge in [-0.1, -0.05) is 205 Å². The Morgan fingerprint density at radius 3 is 1.94 bits per heavy atom. The number of aromatic nitrogens is 3. The molecule has 0 unspecified atom stereocenters. The Morgan fingerprint density at radius 1 is 0.611 bits per heavy atom. The zero-order chi connectivity index (χ0) is 50.1. The van der Waals surface area contributed by atoms with Crippen LogP contribution in [0, 0.1) is 12.1 Å². The van der Waals surface area contributed by atoms with Gasteiger partial charge in [0.25, 0.3) is 0 Å². The molecule has 12 aromatic rings. The maximum atomic E-state index is 8.44. The normalized spacial score (nSPS) is 12.3. The van der Waals surface area contributed by atoms with Gasteiger partial charge in [0.1, 0.15) is 5.58 Å². The molecule has 9 aromatic carbocycles. The van der Waals surface area contributed by atoms with Crippen LogP contribution in [-0.2, 0) is 20.1 Å². The summed E-state index contributed by atoms with van der Waals surface area (Å²) < 4.78 is 18.0. The van der Waals surface area contributed by atoms with Crippen molar-refractivity contribution in [1.82, 2.24) is 14.5 Å². The second-order valence-electron chi connectivity index (χ2n) is 20.8. The smallest absolute Gasteiger partial charge is 0.121 e. The summed E-state index contributed by atoms with van der Waals surface area (Å²) in [4.78, 5) is 10.1. The first-order chi connectivity index (χ1) is 34.7. The van der Waals surface area contributed by atoms with Gasteiger partial charge in [0, 0.05) is 44.1 Å². The average molecular weight is 1130 g/mol. The van der Waals surface area contributed by atoms with E-state index in [9.17, 15) is 0 Å². The standard InChI is InChI=1S/C49H37N2O.C17H22NSi.Ir/c1-29(2)35-19-12-20-36(30(3)4)46(35)51-47-39-18-11-9-16-33(39)23-26-43(47)50-49(51)40-25-24-38(31-13-6-5-7-14-31)45-42-27-34-22-21-32-15-8-10-17-37(32)41(34)28-44(42)52-48(40)45;1-13(2)15-11-16(14-9-7-6-8-10-14)18-12-17(15)19(3,4)5;/h5-24,26-30H,1-4H3;6-9,11-13H,1-5H3;/q2*-1;/i;13D;. The van der Waals surface area contributed by atoms with E-state index in [-0.39, 0.29) is 20.1 Å². The summed E-state index contributed by atoms with van der Waals surface area (Å²) in [7, 11) is -1.50. The molecule has 0 aliphatic rings. The van der Waals surface area contributed by atoms with Gasteiger partial charge in [-0.05, 0) is 90.3 Å². The van der Waals surface area contributed by atoms with Gasteiger partial charge in [-0.15, -0.1) is 48.0 Å². The Hall–Kier alpha value is -6.95. The summed E-state index contributed by atoms with van der Waals surface area (Å²) >= 11 is 0. The van der Waals surface area contributed by atoms with Crippen molar-refractivity contribution in [2.24, 2.45) is 0 Å². The summed E-state index contributed by atoms with van der Waals surface area (Å²) in [5.41, 5.74) is 13.5. The monoisotopic (exact) mass is 1130 g/mol. The number of para-hydroxylation sites is 1. The van der Waals surface area contributed by atoms with Crippen LogP contribution in [0.4, 0.5) is 0 Å². The summed E-state index contributed by atoms with van der Waals surface area (Å²) in [6.07, 6.45) is 1.98. The molecule has 359 valence electrons. The van der Waals surface area contributed by atoms with Crippen molar-refractivity contribution in [3.05, 3.63) is 205 Å². The van der Waals surface area contributed by atoms with Crippen molar-refractivity contribution in [1.29, 1.82) is 0 Å². The minimum atomic E-state index is -1.50. The molecule has 0 atom stereocenters. The first kappa shape index (κ1) is 47.4. The van der Waals surface area contributed by atoms with Crippen LogP contribution in [0.15, 0.2) is 180 Å². The molecule has 0 saturated heterocycles. The molecule has 0 saturated carbocycles. The van der Waals surface area contributed by atoms with Gasteiger partial charge in [0.15, 0.2) is 0 Å². The summed E-state index contributed by atoms with van der Waals surface area (Å²) in [6.45, 7) is 19.9. The van der Waals surface area contributed by atoms with Gasteiger partial charge in [-0.25, -0.2) is 0 Å². The molecule has 0 aliphatic carbocycles. The summed E-state index contributed by atoms with van der Waals surface area (Å²) in [5.74, 6) is 0.820. The molecule has 0 spiro atoms. The summed E-state index contributed by atoms with van der Waals surface area (Å²) in [6, 6.07) is 67.0. The van der Waals surface area contributed by atoms with Gasteiger partial charge in [0.2, 0.25) is 0 Å². The maximum absolute atomic E-state index is 8.44. The molecular formula is C66H59IrN3OSi-2. The van der Waals surface area contributed by atoms with Crippen molar-refractivity contribution >= 4 is 78.5 Å². The number of nitrogens with zero attached hydrogens (tertiary/aromatic N) is 3. The van der Waals surface area contributed by atoms with E-state index < -0.39 is 14.0 Å². The minimum Gasteiger partial charge on any atom is -0.500 e. The Kier molecular flexibility index (Phi) is 12.9. The van der Waals surface area contributed by atoms with Gasteiger partial charge in [-0.3, -0.25) is 4.98 Å². The fraction of sp³-hybridized carbons (Fsp3) is 0.182. The van der Waals surface area contributed by atoms with Crippen LogP contribution in [0.2, 0.25) is 19.6 Å². The third kappa shape index (κ3) is 8.70. The molecule has 12 rings (SSSR count). The van der Waals surface area contributed by atoms with Gasteiger partial charge in [0.05, 0.1) is 30.5 Å². The SMILES string of the molecule is CC(C)c1cccc(C(C)C)c1-n1c(-c2[c-]cc(-c3ccccc3)c3c2oc2cc4c(ccc5ccccc54)cc23)nc2ccc3ccccc3c21.[2H]C(C)(C)c1cc(-c2[c-]cccc2)ncc1[Si](C)(C)C.[Ir]. The summed E-state index contributed by atoms with van der Waals surface area (Å²) in [5, 5.41) is 10.6. The first-order valence-electron chi connectivity index (χ1n) is 25.5. The van der Waals surface area contributed by atoms with Crippen LogP contribution in [0.25, 0.3) is 105 Å². The van der Waals surface area contributed by atoms with Crippen LogP contribution < -0.4 is 5.19 Å². The molecule has 4 nitrogen and oxygen atoms in total. The van der Waals surface area contributed by atoms with E-state index in [2.05, 4.69) is 215 Å². The fourth-order valence-corrected chi connectivity index (χ4v) is 12.1. The Labute approximate surface area is 439 Å². The van der Waals surface area contributed by atoms with Crippen LogP contribution in [0.1, 0.15) is 77.3 Å². The molecule has 0 amide bonds. The quantitative estimate of drug-likeness (QED) is 0.0865. The molecule has 0 aliphatic heterocycles. The third-order valence-corrected chi connectivity index (χ3v) is 16.1. The molecular weight excluding hydrogens is 1070 g/mol. The predicted molar refractivity (Wildman–Crippen MR) is 304 cm³/mol. The zero-order valence-corrected chi connectivity index (χ0v) is 45.9. The molecule has 0 N–H and O–H groups in total. The van der Waals surface area contributed by atoms with Gasteiger partial charge >= 0.3 is 0 Å². The van der Waals surface area contributed by atoms with E-state index in [0.29, 0.717) is 11.8 Å². The zero-order valence-electron chi connectivity index (χ0n) is 43.5. The van der Waals surface area contributed by atoms with Crippen molar-refractivity contribution < 1.29 is 25.9 Å². The number of benzene rings is 9. The second kappa shape index (κ2) is 19.6. The number of rotatable bonds is 8. The molecule has 0 bridgehead atoms. The second-order valence-corrected chi connectivity index (χ2v) is 25.8.